The third-order valence-electron chi connectivity index (χ3n) is 5.19. The number of aliphatic carboxylic acids is 1. The lowest BCUT2D eigenvalue weighted by Crippen LogP contribution is -2.32. The molecule has 0 fully saturated rings. The first-order chi connectivity index (χ1) is 16.7. The Morgan fingerprint density at radius 1 is 1.00 bits per heavy atom. The minimum absolute atomic E-state index is 0.227. The first kappa shape index (κ1) is 23.6. The molecule has 35 heavy (non-hydrogen) atoms. The number of nitrogens with zero attached hydrogens (tertiary/aromatic N) is 3. The number of carbonyl (C=O) groups excluding carboxylic acids is 1. The van der Waals surface area contributed by atoms with Crippen molar-refractivity contribution >= 4 is 22.8 Å². The van der Waals surface area contributed by atoms with Gasteiger partial charge in [-0.25, -0.2) is 19.3 Å². The van der Waals surface area contributed by atoms with E-state index in [9.17, 15) is 22.8 Å². The molecule has 2 N–H and O–H groups in total. The number of carboxylic acids is 1. The van der Waals surface area contributed by atoms with Gasteiger partial charge in [0.15, 0.2) is 5.82 Å². The van der Waals surface area contributed by atoms with Crippen LogP contribution in [-0.2, 0) is 11.2 Å². The van der Waals surface area contributed by atoms with Crippen molar-refractivity contribution in [2.75, 3.05) is 0 Å². The highest BCUT2D eigenvalue weighted by molar-refractivity contribution is 5.98. The molecule has 178 valence electrons. The van der Waals surface area contributed by atoms with Crippen molar-refractivity contribution in [1.29, 1.82) is 0 Å². The molecular weight excluding hydrogens is 465 g/mol. The number of para-hydroxylation sites is 1. The van der Waals surface area contributed by atoms with Gasteiger partial charge >= 0.3 is 12.1 Å². The van der Waals surface area contributed by atoms with Crippen LogP contribution in [0.25, 0.3) is 16.7 Å². The molecule has 1 unspecified atom stereocenters. The van der Waals surface area contributed by atoms with E-state index >= 15 is 0 Å². The van der Waals surface area contributed by atoms with Crippen LogP contribution in [0, 0.1) is 0 Å². The molecule has 1 aliphatic heterocycles. The van der Waals surface area contributed by atoms with E-state index in [1.165, 1.54) is 4.57 Å². The van der Waals surface area contributed by atoms with Gasteiger partial charge in [-0.1, -0.05) is 42.5 Å². The van der Waals surface area contributed by atoms with E-state index in [4.69, 9.17) is 14.9 Å². The Morgan fingerprint density at radius 2 is 1.66 bits per heavy atom. The second kappa shape index (κ2) is 9.37. The monoisotopic (exact) mass is 482 g/mol. The molecule has 1 aliphatic rings. The Balaban J connectivity index is 0.000000364. The number of halogens is 3. The average Bonchev–Trinajstić information content (AvgIpc) is 2.95. The first-order valence-corrected chi connectivity index (χ1v) is 10.3. The maximum atomic E-state index is 13.3. The van der Waals surface area contributed by atoms with Gasteiger partial charge in [0.2, 0.25) is 0 Å². The third-order valence-corrected chi connectivity index (χ3v) is 5.19. The van der Waals surface area contributed by atoms with Crippen molar-refractivity contribution < 1.29 is 27.9 Å². The Bertz CT molecular complexity index is 1470. The molecule has 4 aromatic rings. The number of hydrogen-bond acceptors (Lipinski definition) is 5. The van der Waals surface area contributed by atoms with Gasteiger partial charge in [0, 0.05) is 6.20 Å². The minimum atomic E-state index is -5.08. The van der Waals surface area contributed by atoms with Crippen molar-refractivity contribution in [3.05, 3.63) is 100 Å². The van der Waals surface area contributed by atoms with Crippen LogP contribution in [0.1, 0.15) is 27.8 Å². The average molecular weight is 482 g/mol. The van der Waals surface area contributed by atoms with Crippen LogP contribution in [0.4, 0.5) is 13.2 Å². The molecular formula is C24H17F3N4O4. The van der Waals surface area contributed by atoms with E-state index in [0.29, 0.717) is 34.5 Å². The lowest BCUT2D eigenvalue weighted by molar-refractivity contribution is -0.192. The number of benzene rings is 2. The van der Waals surface area contributed by atoms with Crippen molar-refractivity contribution in [1.82, 2.24) is 19.9 Å². The molecule has 2 aromatic carbocycles. The Labute approximate surface area is 195 Å². The number of aromatic nitrogens is 3. The molecule has 0 bridgehead atoms. The van der Waals surface area contributed by atoms with Crippen molar-refractivity contribution in [2.24, 2.45) is 0 Å². The van der Waals surface area contributed by atoms with Crippen LogP contribution >= 0.6 is 0 Å². The molecule has 1 atom stereocenters. The molecule has 0 spiro atoms. The molecule has 8 nitrogen and oxygen atoms in total. The van der Waals surface area contributed by atoms with Crippen LogP contribution in [-0.4, -0.2) is 37.7 Å². The lowest BCUT2D eigenvalue weighted by atomic mass is 10.0. The van der Waals surface area contributed by atoms with Crippen LogP contribution in [0.2, 0.25) is 0 Å². The molecule has 0 saturated carbocycles. The third kappa shape index (κ3) is 4.88. The molecule has 0 aliphatic carbocycles. The molecule has 1 amide bonds. The van der Waals surface area contributed by atoms with Gasteiger partial charge in [-0.15, -0.1) is 0 Å². The molecule has 2 aromatic heterocycles. The Hall–Kier alpha value is -4.54. The van der Waals surface area contributed by atoms with Crippen molar-refractivity contribution in [3.63, 3.8) is 0 Å². The number of carbonyl (C=O) groups is 2. The van der Waals surface area contributed by atoms with E-state index in [0.717, 1.165) is 5.56 Å². The summed E-state index contributed by atoms with van der Waals surface area (Å²) >= 11 is 0. The van der Waals surface area contributed by atoms with Crippen LogP contribution in [0.5, 0.6) is 0 Å². The topological polar surface area (TPSA) is 114 Å². The second-order valence-electron chi connectivity index (χ2n) is 7.52. The van der Waals surface area contributed by atoms with Gasteiger partial charge in [0.25, 0.3) is 11.5 Å². The Kier molecular flexibility index (Phi) is 6.32. The van der Waals surface area contributed by atoms with E-state index < -0.39 is 18.2 Å². The molecule has 5 rings (SSSR count). The summed E-state index contributed by atoms with van der Waals surface area (Å²) in [5.74, 6) is -2.22. The predicted octanol–water partition coefficient (Wildman–Crippen LogP) is 3.44. The summed E-state index contributed by atoms with van der Waals surface area (Å²) in [4.78, 5) is 44.2. The number of rotatable bonds is 2. The molecule has 3 heterocycles. The zero-order valence-corrected chi connectivity index (χ0v) is 17.9. The van der Waals surface area contributed by atoms with Gasteiger partial charge in [-0.05, 0) is 36.2 Å². The van der Waals surface area contributed by atoms with Gasteiger partial charge in [0.1, 0.15) is 5.82 Å². The largest absolute Gasteiger partial charge is 0.490 e. The summed E-state index contributed by atoms with van der Waals surface area (Å²) in [6, 6.07) is 19.9. The quantitative estimate of drug-likeness (QED) is 0.453. The van der Waals surface area contributed by atoms with E-state index in [1.54, 1.807) is 30.5 Å². The summed E-state index contributed by atoms with van der Waals surface area (Å²) < 4.78 is 33.2. The zero-order valence-electron chi connectivity index (χ0n) is 17.9. The fourth-order valence-electron chi connectivity index (χ4n) is 3.63. The second-order valence-corrected chi connectivity index (χ2v) is 7.52. The van der Waals surface area contributed by atoms with E-state index in [2.05, 4.69) is 10.3 Å². The fourth-order valence-corrected chi connectivity index (χ4v) is 3.63. The number of fused-ring (bicyclic) bond motifs is 4. The van der Waals surface area contributed by atoms with Gasteiger partial charge < -0.3 is 10.4 Å². The minimum Gasteiger partial charge on any atom is -0.475 e. The van der Waals surface area contributed by atoms with E-state index in [1.807, 2.05) is 42.5 Å². The van der Waals surface area contributed by atoms with Crippen LogP contribution in [0.3, 0.4) is 0 Å². The first-order valence-electron chi connectivity index (χ1n) is 10.3. The normalized spacial score (nSPS) is 14.6. The van der Waals surface area contributed by atoms with Crippen molar-refractivity contribution in [3.8, 4) is 5.82 Å². The molecule has 0 saturated heterocycles. The standard InChI is InChI=1S/C22H16N4O2.C2HF3O2/c27-21-16-10-6-12-23-19(16)26-20(18(25-21)13-14-7-2-1-3-8-14)24-17-11-5-4-9-15(17)22(26)28;3-2(4,5)1(6)7/h1-12,18H,13H2,(H,25,27);(H,6,7). The lowest BCUT2D eigenvalue weighted by Gasteiger charge is -2.19. The molecule has 11 heteroatoms. The SMILES string of the molecule is O=C(O)C(F)(F)F.O=C1NC(Cc2ccccc2)c2nc3ccccc3c(=O)n2-c2ncccc21. The van der Waals surface area contributed by atoms with Gasteiger partial charge in [0.05, 0.1) is 22.5 Å². The highest BCUT2D eigenvalue weighted by Gasteiger charge is 2.38. The van der Waals surface area contributed by atoms with Gasteiger partial charge in [-0.3, -0.25) is 9.59 Å². The molecule has 0 radical (unpaired) electrons. The van der Waals surface area contributed by atoms with Crippen LogP contribution < -0.4 is 10.9 Å². The summed E-state index contributed by atoms with van der Waals surface area (Å²) in [6.07, 6.45) is -2.99. The highest BCUT2D eigenvalue weighted by Crippen LogP contribution is 2.25. The number of nitrogens with one attached hydrogen (secondary N) is 1. The fraction of sp³-hybridized carbons (Fsp3) is 0.125. The van der Waals surface area contributed by atoms with Crippen molar-refractivity contribution in [2.45, 2.75) is 18.6 Å². The van der Waals surface area contributed by atoms with Gasteiger partial charge in [-0.2, -0.15) is 13.2 Å². The highest BCUT2D eigenvalue weighted by atomic mass is 19.4. The van der Waals surface area contributed by atoms with E-state index in [-0.39, 0.29) is 11.5 Å². The maximum absolute atomic E-state index is 13.3. The summed E-state index contributed by atoms with van der Waals surface area (Å²) in [5, 5.41) is 10.7. The number of alkyl halides is 3. The number of pyridine rings is 1. The number of hydrogen-bond donors (Lipinski definition) is 2. The maximum Gasteiger partial charge on any atom is 0.490 e. The number of amides is 1. The predicted molar refractivity (Wildman–Crippen MR) is 119 cm³/mol. The number of carboxylic acid groups (broad SMARTS) is 1. The summed E-state index contributed by atoms with van der Waals surface area (Å²) in [5.41, 5.74) is 1.78. The summed E-state index contributed by atoms with van der Waals surface area (Å²) in [6.45, 7) is 0. The smallest absolute Gasteiger partial charge is 0.475 e. The Morgan fingerprint density at radius 3 is 2.34 bits per heavy atom. The van der Waals surface area contributed by atoms with Crippen LogP contribution in [0.15, 0.2) is 77.7 Å². The zero-order chi connectivity index (χ0) is 25.2. The summed E-state index contributed by atoms with van der Waals surface area (Å²) in [7, 11) is 0.